The molecule has 2 nitrogen and oxygen atoms in total. The van der Waals surface area contributed by atoms with Gasteiger partial charge in [-0.3, -0.25) is 0 Å². The predicted octanol–water partition coefficient (Wildman–Crippen LogP) is 2.79. The lowest BCUT2D eigenvalue weighted by atomic mass is 9.82. The molecule has 1 heterocycles. The number of aliphatic hydroxyl groups is 1. The maximum Gasteiger partial charge on any atom is 0.0804 e. The summed E-state index contributed by atoms with van der Waals surface area (Å²) in [5.74, 6) is 0.612. The number of rotatable bonds is 0. The Balaban J connectivity index is 2.27. The summed E-state index contributed by atoms with van der Waals surface area (Å²) in [6.07, 6.45) is 1.71. The summed E-state index contributed by atoms with van der Waals surface area (Å²) < 4.78 is 1.05. The van der Waals surface area contributed by atoms with Crippen LogP contribution in [0.2, 0.25) is 0 Å². The summed E-state index contributed by atoms with van der Waals surface area (Å²) in [5.41, 5.74) is 3.67. The fourth-order valence-electron chi connectivity index (χ4n) is 2.63. The lowest BCUT2D eigenvalue weighted by molar-refractivity contribution is 0.151. The maximum atomic E-state index is 9.95. The second-order valence-corrected chi connectivity index (χ2v) is 4.95. The molecule has 2 atom stereocenters. The van der Waals surface area contributed by atoms with Crippen LogP contribution in [0.1, 0.15) is 36.0 Å². The van der Waals surface area contributed by atoms with Gasteiger partial charge >= 0.3 is 0 Å². The van der Waals surface area contributed by atoms with Crippen molar-refractivity contribution >= 4 is 21.6 Å². The van der Waals surface area contributed by atoms with Crippen molar-refractivity contribution in [3.8, 4) is 0 Å². The topological polar surface area (TPSA) is 32.3 Å². The molecule has 0 amide bonds. The Labute approximate surface area is 91.5 Å². The number of halogens is 1. The summed E-state index contributed by atoms with van der Waals surface area (Å²) in [6, 6.07) is 4.12. The van der Waals surface area contributed by atoms with E-state index in [1.807, 2.05) is 6.07 Å². The highest BCUT2D eigenvalue weighted by molar-refractivity contribution is 9.10. The summed E-state index contributed by atoms with van der Waals surface area (Å²) in [5, 5.41) is 13.4. The average Bonchev–Trinajstić information content (AvgIpc) is 2.58. The number of hydrogen-bond acceptors (Lipinski definition) is 2. The van der Waals surface area contributed by atoms with Crippen molar-refractivity contribution < 1.29 is 5.11 Å². The molecule has 2 N–H and O–H groups in total. The highest BCUT2D eigenvalue weighted by Gasteiger charge is 2.33. The smallest absolute Gasteiger partial charge is 0.0804 e. The zero-order valence-corrected chi connectivity index (χ0v) is 9.34. The first-order valence-electron chi connectivity index (χ1n) is 5.01. The number of benzene rings is 1. The second-order valence-electron chi connectivity index (χ2n) is 4.09. The van der Waals surface area contributed by atoms with Gasteiger partial charge in [0.05, 0.1) is 6.10 Å². The minimum Gasteiger partial charge on any atom is -0.388 e. The lowest BCUT2D eigenvalue weighted by Crippen LogP contribution is -2.14. The summed E-state index contributed by atoms with van der Waals surface area (Å²) in [4.78, 5) is 0. The lowest BCUT2D eigenvalue weighted by Gasteiger charge is -2.26. The van der Waals surface area contributed by atoms with E-state index in [1.54, 1.807) is 0 Å². The zero-order chi connectivity index (χ0) is 9.71. The van der Waals surface area contributed by atoms with Crippen LogP contribution in [0, 0.1) is 0 Å². The molecule has 1 aliphatic heterocycles. The molecule has 0 saturated heterocycles. The number of anilines is 1. The molecule has 1 aromatic carbocycles. The third-order valence-electron chi connectivity index (χ3n) is 3.30. The van der Waals surface area contributed by atoms with E-state index in [2.05, 4.69) is 27.3 Å². The van der Waals surface area contributed by atoms with Crippen molar-refractivity contribution in [1.29, 1.82) is 0 Å². The van der Waals surface area contributed by atoms with Gasteiger partial charge in [-0.25, -0.2) is 0 Å². The molecule has 0 aromatic heterocycles. The van der Waals surface area contributed by atoms with Gasteiger partial charge in [-0.15, -0.1) is 0 Å². The Morgan fingerprint density at radius 1 is 1.29 bits per heavy atom. The molecular weight excluding hydrogens is 242 g/mol. The van der Waals surface area contributed by atoms with E-state index in [0.29, 0.717) is 5.92 Å². The highest BCUT2D eigenvalue weighted by atomic mass is 79.9. The first-order valence-corrected chi connectivity index (χ1v) is 5.81. The van der Waals surface area contributed by atoms with Crippen molar-refractivity contribution in [3.63, 3.8) is 0 Å². The van der Waals surface area contributed by atoms with E-state index in [9.17, 15) is 5.11 Å². The van der Waals surface area contributed by atoms with Gasteiger partial charge in [-0.2, -0.15) is 0 Å². The van der Waals surface area contributed by atoms with Crippen LogP contribution >= 0.6 is 15.9 Å². The normalized spacial score (nSPS) is 28.4. The molecule has 3 rings (SSSR count). The number of nitrogens with one attached hydrogen (secondary N) is 1. The molecule has 0 radical (unpaired) electrons. The SMILES string of the molecule is OC1CCC2CNc3ccc(Br)c1c32. The van der Waals surface area contributed by atoms with Crippen LogP contribution in [-0.2, 0) is 0 Å². The Morgan fingerprint density at radius 2 is 2.14 bits per heavy atom. The average molecular weight is 254 g/mol. The Hall–Kier alpha value is -0.540. The van der Waals surface area contributed by atoms with E-state index >= 15 is 0 Å². The van der Waals surface area contributed by atoms with E-state index < -0.39 is 0 Å². The van der Waals surface area contributed by atoms with Gasteiger partial charge in [-0.05, 0) is 30.5 Å². The molecule has 0 spiro atoms. The molecule has 1 aromatic rings. The molecular formula is C11H12BrNO. The van der Waals surface area contributed by atoms with Gasteiger partial charge in [0.1, 0.15) is 0 Å². The monoisotopic (exact) mass is 253 g/mol. The van der Waals surface area contributed by atoms with Gasteiger partial charge in [0.2, 0.25) is 0 Å². The second kappa shape index (κ2) is 2.97. The van der Waals surface area contributed by atoms with Crippen molar-refractivity contribution in [2.24, 2.45) is 0 Å². The van der Waals surface area contributed by atoms with Gasteiger partial charge in [0.25, 0.3) is 0 Å². The Bertz CT molecular complexity index is 391. The van der Waals surface area contributed by atoms with E-state index in [1.165, 1.54) is 11.3 Å². The van der Waals surface area contributed by atoms with Crippen LogP contribution < -0.4 is 5.32 Å². The zero-order valence-electron chi connectivity index (χ0n) is 7.76. The third kappa shape index (κ3) is 1.06. The van der Waals surface area contributed by atoms with E-state index in [-0.39, 0.29) is 6.10 Å². The highest BCUT2D eigenvalue weighted by Crippen LogP contribution is 2.47. The molecule has 3 heteroatoms. The van der Waals surface area contributed by atoms with Crippen LogP contribution in [0.4, 0.5) is 5.69 Å². The van der Waals surface area contributed by atoms with Gasteiger partial charge in [0.15, 0.2) is 0 Å². The molecule has 0 bridgehead atoms. The Kier molecular flexibility index (Phi) is 1.86. The van der Waals surface area contributed by atoms with Crippen LogP contribution in [0.3, 0.4) is 0 Å². The maximum absolute atomic E-state index is 9.95. The largest absolute Gasteiger partial charge is 0.388 e. The van der Waals surface area contributed by atoms with E-state index in [4.69, 9.17) is 0 Å². The van der Waals surface area contributed by atoms with Crippen LogP contribution in [0.5, 0.6) is 0 Å². The number of aliphatic hydroxyl groups excluding tert-OH is 1. The molecule has 2 aliphatic rings. The minimum atomic E-state index is -0.282. The summed E-state index contributed by atoms with van der Waals surface area (Å²) in [6.45, 7) is 1.03. The van der Waals surface area contributed by atoms with Crippen LogP contribution in [0.25, 0.3) is 0 Å². The Morgan fingerprint density at radius 3 is 3.00 bits per heavy atom. The first kappa shape index (κ1) is 8.74. The molecule has 74 valence electrons. The van der Waals surface area contributed by atoms with Crippen molar-refractivity contribution in [1.82, 2.24) is 0 Å². The van der Waals surface area contributed by atoms with Crippen molar-refractivity contribution in [2.75, 3.05) is 11.9 Å². The quantitative estimate of drug-likeness (QED) is 0.746. The fraction of sp³-hybridized carbons (Fsp3) is 0.455. The van der Waals surface area contributed by atoms with Crippen molar-refractivity contribution in [3.05, 3.63) is 27.7 Å². The molecule has 14 heavy (non-hydrogen) atoms. The third-order valence-corrected chi connectivity index (χ3v) is 3.99. The predicted molar refractivity (Wildman–Crippen MR) is 59.6 cm³/mol. The molecule has 2 unspecified atom stereocenters. The fourth-order valence-corrected chi connectivity index (χ4v) is 3.24. The molecule has 0 saturated carbocycles. The summed E-state index contributed by atoms with van der Waals surface area (Å²) in [7, 11) is 0. The summed E-state index contributed by atoms with van der Waals surface area (Å²) >= 11 is 3.52. The van der Waals surface area contributed by atoms with Crippen LogP contribution in [-0.4, -0.2) is 11.7 Å². The van der Waals surface area contributed by atoms with E-state index in [0.717, 1.165) is 29.4 Å². The van der Waals surface area contributed by atoms with Crippen LogP contribution in [0.15, 0.2) is 16.6 Å². The van der Waals surface area contributed by atoms with Gasteiger partial charge in [-0.1, -0.05) is 15.9 Å². The van der Waals surface area contributed by atoms with Crippen molar-refractivity contribution in [2.45, 2.75) is 24.9 Å². The molecule has 1 aliphatic carbocycles. The van der Waals surface area contributed by atoms with Gasteiger partial charge in [0, 0.05) is 28.2 Å². The first-order chi connectivity index (χ1) is 6.77. The molecule has 0 fully saturated rings. The minimum absolute atomic E-state index is 0.282. The standard InChI is InChI=1S/C11H12BrNO/c12-7-2-3-8-10-6(5-13-8)1-4-9(14)11(7)10/h2-3,6,9,13-14H,1,4-5H2. The van der Waals surface area contributed by atoms with Gasteiger partial charge < -0.3 is 10.4 Å². The number of hydrogen-bond donors (Lipinski definition) is 2.